The minimum Gasteiger partial charge on any atom is -0.282 e. The number of amides is 2. The van der Waals surface area contributed by atoms with Gasteiger partial charge in [0.25, 0.3) is 0 Å². The maximum absolute atomic E-state index is 11.5. The van der Waals surface area contributed by atoms with Crippen LogP contribution in [-0.2, 0) is 16.0 Å². The number of imide groups is 1. The fourth-order valence-electron chi connectivity index (χ4n) is 1.76. The van der Waals surface area contributed by atoms with Gasteiger partial charge in [0.2, 0.25) is 11.8 Å². The molecule has 0 aromatic carbocycles. The van der Waals surface area contributed by atoms with Crippen LogP contribution >= 0.6 is 0 Å². The van der Waals surface area contributed by atoms with Gasteiger partial charge in [0.15, 0.2) is 0 Å². The van der Waals surface area contributed by atoms with Crippen LogP contribution in [-0.4, -0.2) is 33.5 Å². The summed E-state index contributed by atoms with van der Waals surface area (Å²) in [6, 6.07) is 1.84. The first-order chi connectivity index (χ1) is 7.77. The molecule has 0 radical (unpaired) electrons. The topological polar surface area (TPSA) is 63.2 Å². The summed E-state index contributed by atoms with van der Waals surface area (Å²) in [5.41, 5.74) is 0.987. The summed E-state index contributed by atoms with van der Waals surface area (Å²) >= 11 is 0. The summed E-state index contributed by atoms with van der Waals surface area (Å²) in [5.74, 6) is -0.114. The fourth-order valence-corrected chi connectivity index (χ4v) is 1.76. The zero-order valence-electron chi connectivity index (χ0n) is 8.93. The summed E-state index contributed by atoms with van der Waals surface area (Å²) < 4.78 is 0. The Balaban J connectivity index is 1.94. The van der Waals surface area contributed by atoms with Crippen LogP contribution in [0.3, 0.4) is 0 Å². The number of carbonyl (C=O) groups excluding carboxylic acids is 2. The van der Waals surface area contributed by atoms with Gasteiger partial charge in [0.05, 0.1) is 6.20 Å². The van der Waals surface area contributed by atoms with E-state index < -0.39 is 0 Å². The fraction of sp³-hybridized carbons (Fsp3) is 0.455. The zero-order valence-corrected chi connectivity index (χ0v) is 8.93. The lowest BCUT2D eigenvalue weighted by molar-refractivity contribution is -0.147. The van der Waals surface area contributed by atoms with Crippen molar-refractivity contribution in [1.29, 1.82) is 0 Å². The minimum atomic E-state index is -0.0572. The van der Waals surface area contributed by atoms with Gasteiger partial charge in [0.1, 0.15) is 0 Å². The maximum atomic E-state index is 11.5. The van der Waals surface area contributed by atoms with E-state index in [0.717, 1.165) is 5.56 Å². The number of hydrogen-bond acceptors (Lipinski definition) is 4. The Bertz CT molecular complexity index is 375. The molecule has 1 aromatic rings. The summed E-state index contributed by atoms with van der Waals surface area (Å²) in [4.78, 5) is 24.4. The standard InChI is InChI=1S/C11H13N3O2/c15-10-2-1-3-11(16)14(10)7-5-9-4-6-12-13-8-9/h4,6,8H,1-3,5,7H2. The minimum absolute atomic E-state index is 0.0572. The van der Waals surface area contributed by atoms with E-state index >= 15 is 0 Å². The van der Waals surface area contributed by atoms with Crippen molar-refractivity contribution in [2.45, 2.75) is 25.7 Å². The van der Waals surface area contributed by atoms with E-state index in [2.05, 4.69) is 10.2 Å². The third-order valence-corrected chi connectivity index (χ3v) is 2.65. The van der Waals surface area contributed by atoms with Gasteiger partial charge >= 0.3 is 0 Å². The zero-order chi connectivity index (χ0) is 11.4. The molecule has 2 heterocycles. The van der Waals surface area contributed by atoms with E-state index in [9.17, 15) is 9.59 Å². The number of aromatic nitrogens is 2. The van der Waals surface area contributed by atoms with Crippen molar-refractivity contribution in [1.82, 2.24) is 15.1 Å². The van der Waals surface area contributed by atoms with Crippen molar-refractivity contribution >= 4 is 11.8 Å². The Morgan fingerprint density at radius 2 is 1.94 bits per heavy atom. The number of likely N-dealkylation sites (tertiary alicyclic amines) is 1. The second-order valence-corrected chi connectivity index (χ2v) is 3.79. The van der Waals surface area contributed by atoms with Crippen molar-refractivity contribution in [3.8, 4) is 0 Å². The first kappa shape index (κ1) is 10.7. The Morgan fingerprint density at radius 1 is 1.19 bits per heavy atom. The number of nitrogens with zero attached hydrogens (tertiary/aromatic N) is 3. The molecule has 2 amide bonds. The lowest BCUT2D eigenvalue weighted by Gasteiger charge is -2.24. The predicted molar refractivity (Wildman–Crippen MR) is 56.3 cm³/mol. The molecule has 0 aliphatic carbocycles. The highest BCUT2D eigenvalue weighted by molar-refractivity contribution is 5.97. The molecule has 0 N–H and O–H groups in total. The van der Waals surface area contributed by atoms with Crippen LogP contribution in [0.5, 0.6) is 0 Å². The van der Waals surface area contributed by atoms with Crippen LogP contribution < -0.4 is 0 Å². The Morgan fingerprint density at radius 3 is 2.56 bits per heavy atom. The normalized spacial score (nSPS) is 16.6. The van der Waals surface area contributed by atoms with Crippen LogP contribution in [0.15, 0.2) is 18.5 Å². The van der Waals surface area contributed by atoms with E-state index in [-0.39, 0.29) is 11.8 Å². The smallest absolute Gasteiger partial charge is 0.229 e. The van der Waals surface area contributed by atoms with Gasteiger partial charge in [-0.15, -0.1) is 0 Å². The quantitative estimate of drug-likeness (QED) is 0.697. The number of carbonyl (C=O) groups is 2. The molecule has 1 aliphatic heterocycles. The Kier molecular flexibility index (Phi) is 3.24. The molecule has 84 valence electrons. The molecule has 0 unspecified atom stereocenters. The second kappa shape index (κ2) is 4.83. The van der Waals surface area contributed by atoms with Crippen LogP contribution in [0.2, 0.25) is 0 Å². The van der Waals surface area contributed by atoms with Crippen molar-refractivity contribution in [2.75, 3.05) is 6.54 Å². The third kappa shape index (κ3) is 2.42. The van der Waals surface area contributed by atoms with Gasteiger partial charge in [-0.25, -0.2) is 0 Å². The Hall–Kier alpha value is -1.78. The molecule has 0 atom stereocenters. The lowest BCUT2D eigenvalue weighted by Crippen LogP contribution is -2.41. The molecule has 2 rings (SSSR count). The van der Waals surface area contributed by atoms with Gasteiger partial charge in [-0.1, -0.05) is 0 Å². The lowest BCUT2D eigenvalue weighted by atomic mass is 10.1. The average Bonchev–Trinajstić information content (AvgIpc) is 2.30. The molecular weight excluding hydrogens is 206 g/mol. The van der Waals surface area contributed by atoms with E-state index in [4.69, 9.17) is 0 Å². The summed E-state index contributed by atoms with van der Waals surface area (Å²) in [6.07, 6.45) is 5.56. The SMILES string of the molecule is O=C1CCCC(=O)N1CCc1ccnnc1. The molecule has 16 heavy (non-hydrogen) atoms. The maximum Gasteiger partial charge on any atom is 0.229 e. The third-order valence-electron chi connectivity index (χ3n) is 2.65. The van der Waals surface area contributed by atoms with Crippen LogP contribution in [0.1, 0.15) is 24.8 Å². The van der Waals surface area contributed by atoms with Gasteiger partial charge < -0.3 is 0 Å². The van der Waals surface area contributed by atoms with Gasteiger partial charge in [0, 0.05) is 25.6 Å². The molecule has 5 nitrogen and oxygen atoms in total. The van der Waals surface area contributed by atoms with Crippen LogP contribution in [0.25, 0.3) is 0 Å². The van der Waals surface area contributed by atoms with Crippen LogP contribution in [0, 0.1) is 0 Å². The molecule has 1 aromatic heterocycles. The van der Waals surface area contributed by atoms with Crippen molar-refractivity contribution < 1.29 is 9.59 Å². The first-order valence-electron chi connectivity index (χ1n) is 5.36. The molecule has 0 bridgehead atoms. The van der Waals surface area contributed by atoms with Gasteiger partial charge in [-0.05, 0) is 24.5 Å². The monoisotopic (exact) mass is 219 g/mol. The molecular formula is C11H13N3O2. The van der Waals surface area contributed by atoms with Crippen LogP contribution in [0.4, 0.5) is 0 Å². The second-order valence-electron chi connectivity index (χ2n) is 3.79. The van der Waals surface area contributed by atoms with E-state index in [1.807, 2.05) is 6.07 Å². The van der Waals surface area contributed by atoms with Crippen molar-refractivity contribution in [3.05, 3.63) is 24.0 Å². The van der Waals surface area contributed by atoms with Crippen molar-refractivity contribution in [3.63, 3.8) is 0 Å². The van der Waals surface area contributed by atoms with Gasteiger partial charge in [-0.2, -0.15) is 10.2 Å². The van der Waals surface area contributed by atoms with E-state index in [1.165, 1.54) is 4.90 Å². The van der Waals surface area contributed by atoms with Gasteiger partial charge in [-0.3, -0.25) is 14.5 Å². The highest BCUT2D eigenvalue weighted by Gasteiger charge is 2.25. The summed E-state index contributed by atoms with van der Waals surface area (Å²) in [5, 5.41) is 7.42. The van der Waals surface area contributed by atoms with E-state index in [1.54, 1.807) is 12.4 Å². The largest absolute Gasteiger partial charge is 0.282 e. The highest BCUT2D eigenvalue weighted by atomic mass is 16.2. The molecule has 1 aliphatic rings. The molecule has 5 heteroatoms. The molecule has 1 saturated heterocycles. The molecule has 0 spiro atoms. The number of hydrogen-bond donors (Lipinski definition) is 0. The highest BCUT2D eigenvalue weighted by Crippen LogP contribution is 2.12. The predicted octanol–water partition coefficient (Wildman–Crippen LogP) is 0.558. The summed E-state index contributed by atoms with van der Waals surface area (Å²) in [6.45, 7) is 0.448. The Labute approximate surface area is 93.5 Å². The van der Waals surface area contributed by atoms with Crippen molar-refractivity contribution in [2.24, 2.45) is 0 Å². The summed E-state index contributed by atoms with van der Waals surface area (Å²) in [7, 11) is 0. The average molecular weight is 219 g/mol. The number of piperidine rings is 1. The number of rotatable bonds is 3. The first-order valence-corrected chi connectivity index (χ1v) is 5.36. The van der Waals surface area contributed by atoms with E-state index in [0.29, 0.717) is 32.2 Å². The molecule has 1 fully saturated rings. The molecule has 0 saturated carbocycles.